The molecule has 1 saturated carbocycles. The monoisotopic (exact) mass is 634 g/mol. The number of carbonyl (C=O) groups is 6. The van der Waals surface area contributed by atoms with E-state index in [1.807, 2.05) is 0 Å². The summed E-state index contributed by atoms with van der Waals surface area (Å²) in [6, 6.07) is 0. The van der Waals surface area contributed by atoms with Crippen molar-refractivity contribution in [3.63, 3.8) is 0 Å². The Labute approximate surface area is 259 Å². The number of methoxy groups -OCH3 is 1. The zero-order valence-corrected chi connectivity index (χ0v) is 26.2. The van der Waals surface area contributed by atoms with E-state index in [9.17, 15) is 33.9 Å². The molecule has 0 aromatic heterocycles. The second-order valence-electron chi connectivity index (χ2n) is 13.3. The SMILES string of the molecule is C=C1[C@@H]([C@@]2(C)C(OC(C)=O)CC(=O)OC(C)(C)[C@@H]2CC(=O)OC)[C@@H](OC(C)=O)C[C@@]2(C)[C@H](C3=CC(O)OC3=O)OC(=O)[C@H]3O[C@]132. The molecule has 1 spiro atoms. The van der Waals surface area contributed by atoms with Crippen molar-refractivity contribution in [2.24, 2.45) is 22.7 Å². The van der Waals surface area contributed by atoms with Gasteiger partial charge in [-0.1, -0.05) is 20.4 Å². The highest BCUT2D eigenvalue weighted by molar-refractivity contribution is 5.94. The van der Waals surface area contributed by atoms with Crippen LogP contribution in [0.15, 0.2) is 23.8 Å². The Hall–Kier alpha value is -3.78. The number of carbonyl (C=O) groups excluding carboxylic acids is 6. The number of hydrogen-bond donors (Lipinski definition) is 1. The molecule has 4 aliphatic heterocycles. The molecular formula is C31H38O14. The Balaban J connectivity index is 1.73. The number of rotatable bonds is 6. The number of cyclic esters (lactones) is 3. The first-order chi connectivity index (χ1) is 20.8. The maximum Gasteiger partial charge on any atom is 0.340 e. The second kappa shape index (κ2) is 10.6. The van der Waals surface area contributed by atoms with E-state index in [0.717, 1.165) is 6.08 Å². The molecular weight excluding hydrogens is 596 g/mol. The molecule has 0 aromatic carbocycles. The normalized spacial score (nSPS) is 41.6. The Kier molecular flexibility index (Phi) is 7.72. The van der Waals surface area contributed by atoms with Crippen LogP contribution in [0.4, 0.5) is 0 Å². The van der Waals surface area contributed by atoms with Gasteiger partial charge in [0.25, 0.3) is 0 Å². The number of hydrogen-bond acceptors (Lipinski definition) is 14. The average molecular weight is 635 g/mol. The Morgan fingerprint density at radius 2 is 1.67 bits per heavy atom. The fraction of sp³-hybridized carbons (Fsp3) is 0.677. The first kappa shape index (κ1) is 32.6. The third-order valence-electron chi connectivity index (χ3n) is 10.3. The van der Waals surface area contributed by atoms with Gasteiger partial charge in [-0.2, -0.15) is 0 Å². The molecule has 1 N–H and O–H groups in total. The van der Waals surface area contributed by atoms with Crippen LogP contribution in [0, 0.1) is 22.7 Å². The first-order valence-electron chi connectivity index (χ1n) is 14.6. The van der Waals surface area contributed by atoms with E-state index in [2.05, 4.69) is 6.58 Å². The molecule has 4 heterocycles. The van der Waals surface area contributed by atoms with Gasteiger partial charge in [0.2, 0.25) is 6.29 Å². The molecule has 3 saturated heterocycles. The van der Waals surface area contributed by atoms with Crippen molar-refractivity contribution < 1.29 is 67.0 Å². The average Bonchev–Trinajstić information content (AvgIpc) is 3.61. The summed E-state index contributed by atoms with van der Waals surface area (Å²) < 4.78 is 39.4. The van der Waals surface area contributed by atoms with Crippen LogP contribution in [0.2, 0.25) is 0 Å². The Bertz CT molecular complexity index is 1410. The number of ether oxygens (including phenoxy) is 7. The lowest BCUT2D eigenvalue weighted by Gasteiger charge is -2.59. The van der Waals surface area contributed by atoms with Gasteiger partial charge in [0.05, 0.1) is 25.5 Å². The fourth-order valence-corrected chi connectivity index (χ4v) is 8.55. The number of aliphatic hydroxyl groups excluding tert-OH is 1. The van der Waals surface area contributed by atoms with E-state index >= 15 is 0 Å². The minimum atomic E-state index is -1.55. The molecule has 10 atom stereocenters. The van der Waals surface area contributed by atoms with Crippen LogP contribution in [0.25, 0.3) is 0 Å². The standard InChI is InChI=1S/C31H38O14/c1-13-23(30(7)18(10-20(34)39-8)28(4,5)44-22(36)11-19(30)41-15(3)33)17(40-14(2)32)12-29(6)24(16-9-21(35)42-26(16)37)43-27(38)25-31(13,29)45-25/h9,17-19,21,23-25,35H,1,10-12H2,2-8H3/t17-,18-,19?,21?,23+,24-,25+,29-,30+,31+/m0/s1. The predicted molar refractivity (Wildman–Crippen MR) is 147 cm³/mol. The molecule has 0 aromatic rings. The smallest absolute Gasteiger partial charge is 0.340 e. The summed E-state index contributed by atoms with van der Waals surface area (Å²) in [5.41, 5.74) is -5.41. The Morgan fingerprint density at radius 1 is 1.02 bits per heavy atom. The lowest BCUT2D eigenvalue weighted by Crippen LogP contribution is -2.66. The molecule has 246 valence electrons. The van der Waals surface area contributed by atoms with Crippen molar-refractivity contribution in [3.8, 4) is 0 Å². The van der Waals surface area contributed by atoms with E-state index in [1.54, 1.807) is 27.7 Å². The van der Waals surface area contributed by atoms with Gasteiger partial charge in [0.1, 0.15) is 29.5 Å². The van der Waals surface area contributed by atoms with Gasteiger partial charge in [-0.15, -0.1) is 0 Å². The largest absolute Gasteiger partial charge is 0.469 e. The molecule has 0 bridgehead atoms. The van der Waals surface area contributed by atoms with Crippen LogP contribution in [0.3, 0.4) is 0 Å². The predicted octanol–water partition coefficient (Wildman–Crippen LogP) is 1.21. The van der Waals surface area contributed by atoms with E-state index in [0.29, 0.717) is 0 Å². The van der Waals surface area contributed by atoms with Gasteiger partial charge < -0.3 is 38.3 Å². The molecule has 14 nitrogen and oxygen atoms in total. The first-order valence-corrected chi connectivity index (χ1v) is 14.6. The van der Waals surface area contributed by atoms with E-state index in [-0.39, 0.29) is 24.0 Å². The summed E-state index contributed by atoms with van der Waals surface area (Å²) in [4.78, 5) is 77.3. The quantitative estimate of drug-likeness (QED) is 0.190. The van der Waals surface area contributed by atoms with E-state index in [4.69, 9.17) is 33.2 Å². The molecule has 2 unspecified atom stereocenters. The highest BCUT2D eigenvalue weighted by Gasteiger charge is 2.83. The molecule has 45 heavy (non-hydrogen) atoms. The third-order valence-corrected chi connectivity index (χ3v) is 10.3. The van der Waals surface area contributed by atoms with Gasteiger partial charge in [-0.25, -0.2) is 9.59 Å². The minimum absolute atomic E-state index is 0.0754. The van der Waals surface area contributed by atoms with Crippen molar-refractivity contribution >= 4 is 35.8 Å². The van der Waals surface area contributed by atoms with Crippen LogP contribution >= 0.6 is 0 Å². The van der Waals surface area contributed by atoms with Gasteiger partial charge in [0.15, 0.2) is 6.10 Å². The third kappa shape index (κ3) is 4.84. The minimum Gasteiger partial charge on any atom is -0.469 e. The van der Waals surface area contributed by atoms with Crippen molar-refractivity contribution in [3.05, 3.63) is 23.8 Å². The molecule has 0 radical (unpaired) electrons. The van der Waals surface area contributed by atoms with Gasteiger partial charge in [0, 0.05) is 36.5 Å². The van der Waals surface area contributed by atoms with Crippen LogP contribution < -0.4 is 0 Å². The van der Waals surface area contributed by atoms with Crippen LogP contribution in [0.5, 0.6) is 0 Å². The van der Waals surface area contributed by atoms with Crippen molar-refractivity contribution in [2.45, 2.75) is 103 Å². The maximum absolute atomic E-state index is 13.3. The highest BCUT2D eigenvalue weighted by Crippen LogP contribution is 2.71. The van der Waals surface area contributed by atoms with Crippen LogP contribution in [0.1, 0.15) is 60.8 Å². The summed E-state index contributed by atoms with van der Waals surface area (Å²) in [7, 11) is 1.21. The summed E-state index contributed by atoms with van der Waals surface area (Å²) in [6.07, 6.45) is -5.94. The van der Waals surface area contributed by atoms with E-state index < -0.39 is 107 Å². The van der Waals surface area contributed by atoms with Crippen molar-refractivity contribution in [1.82, 2.24) is 0 Å². The number of esters is 6. The molecule has 14 heteroatoms. The summed E-state index contributed by atoms with van der Waals surface area (Å²) in [6.45, 7) is 13.4. The van der Waals surface area contributed by atoms with Crippen LogP contribution in [-0.2, 0) is 61.9 Å². The number of aliphatic hydroxyl groups is 1. The van der Waals surface area contributed by atoms with Gasteiger partial charge >= 0.3 is 35.8 Å². The summed E-state index contributed by atoms with van der Waals surface area (Å²) in [5, 5.41) is 10.0. The maximum atomic E-state index is 13.3. The Morgan fingerprint density at radius 3 is 2.22 bits per heavy atom. The lowest BCUT2D eigenvalue weighted by molar-refractivity contribution is -0.197. The zero-order valence-electron chi connectivity index (χ0n) is 26.2. The van der Waals surface area contributed by atoms with E-state index in [1.165, 1.54) is 21.0 Å². The summed E-state index contributed by atoms with van der Waals surface area (Å²) >= 11 is 0. The van der Waals surface area contributed by atoms with Gasteiger partial charge in [-0.3, -0.25) is 19.2 Å². The fourth-order valence-electron chi connectivity index (χ4n) is 8.55. The zero-order chi connectivity index (χ0) is 33.4. The lowest BCUT2D eigenvalue weighted by atomic mass is 9.47. The molecule has 0 amide bonds. The van der Waals surface area contributed by atoms with Crippen LogP contribution in [-0.4, -0.2) is 89.9 Å². The molecule has 1 aliphatic carbocycles. The number of epoxide rings is 1. The second-order valence-corrected chi connectivity index (χ2v) is 13.3. The van der Waals surface area contributed by atoms with Gasteiger partial charge in [-0.05, 0) is 31.9 Å². The van der Waals surface area contributed by atoms with Crippen molar-refractivity contribution in [2.75, 3.05) is 7.11 Å². The topological polar surface area (TPSA) is 191 Å². The molecule has 5 rings (SSSR count). The highest BCUT2D eigenvalue weighted by atomic mass is 16.7. The molecule has 4 fully saturated rings. The molecule has 5 aliphatic rings. The van der Waals surface area contributed by atoms with Crippen molar-refractivity contribution in [1.29, 1.82) is 0 Å². The summed E-state index contributed by atoms with van der Waals surface area (Å²) in [5.74, 6) is -6.32.